The summed E-state index contributed by atoms with van der Waals surface area (Å²) < 4.78 is 6.18. The molecule has 0 spiro atoms. The van der Waals surface area contributed by atoms with Crippen LogP contribution in [-0.2, 0) is 16.6 Å². The van der Waals surface area contributed by atoms with Crippen LogP contribution in [0.4, 0.5) is 0 Å². The number of esters is 1. The van der Waals surface area contributed by atoms with Crippen LogP contribution in [0.3, 0.4) is 0 Å². The highest BCUT2D eigenvalue weighted by atomic mass is 16.5. The van der Waals surface area contributed by atoms with Gasteiger partial charge in [0.25, 0.3) is 0 Å². The van der Waals surface area contributed by atoms with Crippen molar-refractivity contribution < 1.29 is 19.7 Å². The van der Waals surface area contributed by atoms with Crippen LogP contribution in [0, 0.1) is 0 Å². The first-order valence-corrected chi connectivity index (χ1v) is 5.05. The van der Waals surface area contributed by atoms with Crippen LogP contribution in [0.5, 0.6) is 0 Å². The quantitative estimate of drug-likeness (QED) is 0.680. The minimum atomic E-state index is -1.18. The van der Waals surface area contributed by atoms with Gasteiger partial charge >= 0.3 is 5.97 Å². The van der Waals surface area contributed by atoms with E-state index in [1.807, 2.05) is 0 Å². The van der Waals surface area contributed by atoms with Gasteiger partial charge in [0, 0.05) is 18.8 Å². The van der Waals surface area contributed by atoms with E-state index >= 15 is 0 Å². The normalized spacial score (nSPS) is 14.5. The fourth-order valence-corrected chi connectivity index (χ4v) is 1.32. The fraction of sp³-hybridized carbons (Fsp3) is 0.600. The molecule has 0 radical (unpaired) electrons. The molecule has 2 unspecified atom stereocenters. The van der Waals surface area contributed by atoms with Crippen molar-refractivity contribution >= 4 is 5.97 Å². The second-order valence-corrected chi connectivity index (χ2v) is 3.47. The Labute approximate surface area is 93.5 Å². The van der Waals surface area contributed by atoms with E-state index in [2.05, 4.69) is 9.84 Å². The first-order valence-electron chi connectivity index (χ1n) is 5.05. The third kappa shape index (κ3) is 3.32. The number of rotatable bonds is 5. The fourth-order valence-electron chi connectivity index (χ4n) is 1.32. The molecule has 1 aromatic rings. The van der Waals surface area contributed by atoms with E-state index in [1.54, 1.807) is 20.2 Å². The Hall–Kier alpha value is -1.40. The second-order valence-electron chi connectivity index (χ2n) is 3.47. The van der Waals surface area contributed by atoms with Crippen molar-refractivity contribution in [1.82, 2.24) is 9.78 Å². The molecule has 2 atom stereocenters. The third-order valence-electron chi connectivity index (χ3n) is 2.11. The number of aryl methyl sites for hydroxylation is 1. The molecule has 16 heavy (non-hydrogen) atoms. The standard InChI is InChI=1S/C10H16N2O4/c1-3-16-9(14)4-8(13)10(15)7-5-11-12(2)6-7/h5-6,8,10,13,15H,3-4H2,1-2H3. The molecule has 0 fully saturated rings. The summed E-state index contributed by atoms with van der Waals surface area (Å²) in [6.07, 6.45) is 0.489. The number of carbonyl (C=O) groups is 1. The summed E-state index contributed by atoms with van der Waals surface area (Å²) in [5.74, 6) is -0.530. The minimum absolute atomic E-state index is 0.232. The average Bonchev–Trinajstić information content (AvgIpc) is 2.64. The highest BCUT2D eigenvalue weighted by Crippen LogP contribution is 2.18. The first kappa shape index (κ1) is 12.7. The summed E-state index contributed by atoms with van der Waals surface area (Å²) >= 11 is 0. The van der Waals surface area contributed by atoms with Crippen molar-refractivity contribution in [3.05, 3.63) is 18.0 Å². The molecule has 0 saturated carbocycles. The van der Waals surface area contributed by atoms with Crippen molar-refractivity contribution in [3.8, 4) is 0 Å². The molecule has 6 heteroatoms. The maximum atomic E-state index is 11.1. The van der Waals surface area contributed by atoms with E-state index in [0.29, 0.717) is 5.56 Å². The Morgan fingerprint density at radius 2 is 2.31 bits per heavy atom. The van der Waals surface area contributed by atoms with E-state index in [1.165, 1.54) is 10.9 Å². The molecule has 0 aromatic carbocycles. The Morgan fingerprint density at radius 3 is 2.81 bits per heavy atom. The molecule has 1 aromatic heterocycles. The smallest absolute Gasteiger partial charge is 0.308 e. The Bertz CT molecular complexity index is 350. The molecule has 6 nitrogen and oxygen atoms in total. The third-order valence-corrected chi connectivity index (χ3v) is 2.11. The maximum absolute atomic E-state index is 11.1. The zero-order valence-electron chi connectivity index (χ0n) is 9.33. The van der Waals surface area contributed by atoms with E-state index in [4.69, 9.17) is 0 Å². The molecule has 0 bridgehead atoms. The Morgan fingerprint density at radius 1 is 1.62 bits per heavy atom. The first-order chi connectivity index (χ1) is 7.54. The number of carbonyl (C=O) groups excluding carboxylic acids is 1. The number of nitrogens with zero attached hydrogens (tertiary/aromatic N) is 2. The van der Waals surface area contributed by atoms with Gasteiger partial charge in [-0.15, -0.1) is 0 Å². The summed E-state index contributed by atoms with van der Waals surface area (Å²) in [7, 11) is 1.70. The topological polar surface area (TPSA) is 84.6 Å². The monoisotopic (exact) mass is 228 g/mol. The van der Waals surface area contributed by atoms with E-state index in [0.717, 1.165) is 0 Å². The van der Waals surface area contributed by atoms with Gasteiger partial charge in [0.2, 0.25) is 0 Å². The lowest BCUT2D eigenvalue weighted by molar-refractivity contribution is -0.147. The van der Waals surface area contributed by atoms with Crippen LogP contribution < -0.4 is 0 Å². The summed E-state index contributed by atoms with van der Waals surface area (Å²) in [6, 6.07) is 0. The summed E-state index contributed by atoms with van der Waals surface area (Å²) in [5.41, 5.74) is 0.472. The van der Waals surface area contributed by atoms with Crippen molar-refractivity contribution in [2.75, 3.05) is 6.61 Å². The van der Waals surface area contributed by atoms with Gasteiger partial charge in [-0.05, 0) is 6.92 Å². The number of ether oxygens (including phenoxy) is 1. The molecule has 1 rings (SSSR count). The lowest BCUT2D eigenvalue weighted by Gasteiger charge is -2.15. The highest BCUT2D eigenvalue weighted by Gasteiger charge is 2.22. The number of hydrogen-bond acceptors (Lipinski definition) is 5. The van der Waals surface area contributed by atoms with E-state index in [-0.39, 0.29) is 13.0 Å². The van der Waals surface area contributed by atoms with Gasteiger partial charge in [-0.2, -0.15) is 5.10 Å². The van der Waals surface area contributed by atoms with Gasteiger partial charge in [-0.25, -0.2) is 0 Å². The predicted octanol–water partition coefficient (Wildman–Crippen LogP) is -0.232. The molecule has 0 aliphatic carbocycles. The average molecular weight is 228 g/mol. The summed E-state index contributed by atoms with van der Waals surface area (Å²) in [5, 5.41) is 23.2. The predicted molar refractivity (Wildman–Crippen MR) is 55.4 cm³/mol. The molecule has 0 amide bonds. The molecular weight excluding hydrogens is 212 g/mol. The number of aromatic nitrogens is 2. The molecule has 2 N–H and O–H groups in total. The lowest BCUT2D eigenvalue weighted by Crippen LogP contribution is -2.22. The van der Waals surface area contributed by atoms with Gasteiger partial charge in [0.15, 0.2) is 0 Å². The molecule has 0 saturated heterocycles. The van der Waals surface area contributed by atoms with Gasteiger partial charge in [-0.1, -0.05) is 0 Å². The SMILES string of the molecule is CCOC(=O)CC(O)C(O)c1cnn(C)c1. The van der Waals surface area contributed by atoms with Gasteiger partial charge in [-0.3, -0.25) is 9.48 Å². The number of aliphatic hydroxyl groups excluding tert-OH is 2. The van der Waals surface area contributed by atoms with Crippen molar-refractivity contribution in [2.24, 2.45) is 7.05 Å². The van der Waals surface area contributed by atoms with Gasteiger partial charge in [0.05, 0.1) is 25.3 Å². The molecule has 0 aliphatic heterocycles. The Balaban J connectivity index is 2.53. The van der Waals surface area contributed by atoms with Gasteiger partial charge < -0.3 is 14.9 Å². The zero-order valence-corrected chi connectivity index (χ0v) is 9.33. The van der Waals surface area contributed by atoms with Gasteiger partial charge in [0.1, 0.15) is 6.10 Å². The van der Waals surface area contributed by atoms with Crippen molar-refractivity contribution in [2.45, 2.75) is 25.6 Å². The van der Waals surface area contributed by atoms with E-state index in [9.17, 15) is 15.0 Å². The van der Waals surface area contributed by atoms with E-state index < -0.39 is 18.2 Å². The summed E-state index contributed by atoms with van der Waals surface area (Å²) in [4.78, 5) is 11.1. The minimum Gasteiger partial charge on any atom is -0.466 e. The van der Waals surface area contributed by atoms with Crippen LogP contribution in [0.15, 0.2) is 12.4 Å². The zero-order chi connectivity index (χ0) is 12.1. The molecule has 0 aliphatic rings. The lowest BCUT2D eigenvalue weighted by atomic mass is 10.1. The highest BCUT2D eigenvalue weighted by molar-refractivity contribution is 5.70. The van der Waals surface area contributed by atoms with Crippen molar-refractivity contribution in [1.29, 1.82) is 0 Å². The largest absolute Gasteiger partial charge is 0.466 e. The molecule has 1 heterocycles. The van der Waals surface area contributed by atoms with Crippen LogP contribution in [-0.4, -0.2) is 38.7 Å². The summed E-state index contributed by atoms with van der Waals surface area (Å²) in [6.45, 7) is 1.94. The molecule has 90 valence electrons. The maximum Gasteiger partial charge on any atom is 0.308 e. The second kappa shape index (κ2) is 5.62. The van der Waals surface area contributed by atoms with Crippen LogP contribution >= 0.6 is 0 Å². The van der Waals surface area contributed by atoms with Crippen LogP contribution in [0.25, 0.3) is 0 Å². The Kier molecular flexibility index (Phi) is 4.45. The van der Waals surface area contributed by atoms with Crippen LogP contribution in [0.2, 0.25) is 0 Å². The molecular formula is C10H16N2O4. The van der Waals surface area contributed by atoms with Crippen molar-refractivity contribution in [3.63, 3.8) is 0 Å². The van der Waals surface area contributed by atoms with Crippen LogP contribution in [0.1, 0.15) is 25.0 Å². The number of hydrogen-bond donors (Lipinski definition) is 2. The number of aliphatic hydroxyl groups is 2.